The SMILES string of the molecule is CCNC.O=CCc1ccc(Cl)c(Cl)c1. The van der Waals surface area contributed by atoms with Gasteiger partial charge in [0.1, 0.15) is 6.29 Å². The van der Waals surface area contributed by atoms with Crippen LogP contribution >= 0.6 is 23.2 Å². The summed E-state index contributed by atoms with van der Waals surface area (Å²) in [4.78, 5) is 10.1. The molecule has 0 aliphatic carbocycles. The average Bonchev–Trinajstić information content (AvgIpc) is 2.24. The first-order valence-corrected chi connectivity index (χ1v) is 5.43. The van der Waals surface area contributed by atoms with Crippen molar-refractivity contribution in [3.8, 4) is 0 Å². The Balaban J connectivity index is 0.000000423. The Morgan fingerprint density at radius 3 is 2.33 bits per heavy atom. The third-order valence-corrected chi connectivity index (χ3v) is 2.40. The normalized spacial score (nSPS) is 9.07. The van der Waals surface area contributed by atoms with Crippen LogP contribution < -0.4 is 5.32 Å². The molecule has 0 aliphatic heterocycles. The molecule has 0 bridgehead atoms. The molecular weight excluding hydrogens is 233 g/mol. The monoisotopic (exact) mass is 247 g/mol. The summed E-state index contributed by atoms with van der Waals surface area (Å²) in [6, 6.07) is 5.16. The van der Waals surface area contributed by atoms with Gasteiger partial charge in [-0.1, -0.05) is 36.2 Å². The molecule has 0 atom stereocenters. The van der Waals surface area contributed by atoms with Crippen molar-refractivity contribution < 1.29 is 4.79 Å². The maximum absolute atomic E-state index is 10.1. The van der Waals surface area contributed by atoms with Gasteiger partial charge in [0.15, 0.2) is 0 Å². The molecule has 1 aromatic carbocycles. The highest BCUT2D eigenvalue weighted by atomic mass is 35.5. The summed E-state index contributed by atoms with van der Waals surface area (Å²) < 4.78 is 0. The maximum atomic E-state index is 10.1. The minimum absolute atomic E-state index is 0.386. The molecule has 0 aliphatic rings. The van der Waals surface area contributed by atoms with E-state index >= 15 is 0 Å². The van der Waals surface area contributed by atoms with E-state index in [1.807, 2.05) is 7.05 Å². The van der Waals surface area contributed by atoms with E-state index in [-0.39, 0.29) is 0 Å². The van der Waals surface area contributed by atoms with Crippen LogP contribution in [-0.2, 0) is 11.2 Å². The minimum Gasteiger partial charge on any atom is -0.320 e. The number of aldehydes is 1. The highest BCUT2D eigenvalue weighted by Crippen LogP contribution is 2.22. The van der Waals surface area contributed by atoms with Gasteiger partial charge >= 0.3 is 0 Å². The summed E-state index contributed by atoms with van der Waals surface area (Å²) in [6.45, 7) is 3.14. The molecule has 1 rings (SSSR count). The third-order valence-electron chi connectivity index (χ3n) is 1.66. The standard InChI is InChI=1S/C8H6Cl2O.C3H9N/c9-7-2-1-6(3-4-11)5-8(7)10;1-3-4-2/h1-2,4-5H,3H2;4H,3H2,1-2H3. The average molecular weight is 248 g/mol. The first-order chi connectivity index (χ1) is 7.15. The second-order valence-corrected chi connectivity index (χ2v) is 3.64. The molecule has 0 amide bonds. The summed E-state index contributed by atoms with van der Waals surface area (Å²) in [7, 11) is 1.93. The van der Waals surface area contributed by atoms with Crippen molar-refractivity contribution in [2.24, 2.45) is 0 Å². The Morgan fingerprint density at radius 1 is 1.33 bits per heavy atom. The Hall–Kier alpha value is -0.570. The van der Waals surface area contributed by atoms with Crippen LogP contribution in [0.15, 0.2) is 18.2 Å². The topological polar surface area (TPSA) is 29.1 Å². The van der Waals surface area contributed by atoms with Crippen LogP contribution in [0.1, 0.15) is 12.5 Å². The maximum Gasteiger partial charge on any atom is 0.124 e. The molecule has 2 nitrogen and oxygen atoms in total. The van der Waals surface area contributed by atoms with Gasteiger partial charge in [-0.05, 0) is 31.3 Å². The fourth-order valence-corrected chi connectivity index (χ4v) is 1.08. The molecule has 0 saturated heterocycles. The molecule has 0 fully saturated rings. The predicted molar refractivity (Wildman–Crippen MR) is 65.8 cm³/mol. The van der Waals surface area contributed by atoms with Crippen molar-refractivity contribution in [3.63, 3.8) is 0 Å². The quantitative estimate of drug-likeness (QED) is 0.833. The number of hydrogen-bond acceptors (Lipinski definition) is 2. The first-order valence-electron chi connectivity index (χ1n) is 4.67. The van der Waals surface area contributed by atoms with Gasteiger partial charge in [0.2, 0.25) is 0 Å². The summed E-state index contributed by atoms with van der Waals surface area (Å²) >= 11 is 11.4. The Kier molecular flexibility index (Phi) is 8.38. The molecule has 0 heterocycles. The van der Waals surface area contributed by atoms with Crippen molar-refractivity contribution in [2.45, 2.75) is 13.3 Å². The fourth-order valence-electron chi connectivity index (χ4n) is 0.763. The smallest absolute Gasteiger partial charge is 0.124 e. The summed E-state index contributed by atoms with van der Waals surface area (Å²) in [5.41, 5.74) is 0.884. The van der Waals surface area contributed by atoms with Gasteiger partial charge in [-0.15, -0.1) is 0 Å². The molecule has 15 heavy (non-hydrogen) atoms. The second kappa shape index (κ2) is 8.72. The third kappa shape index (κ3) is 6.50. The van der Waals surface area contributed by atoms with Crippen molar-refractivity contribution in [1.82, 2.24) is 5.32 Å². The molecule has 0 unspecified atom stereocenters. The highest BCUT2D eigenvalue weighted by molar-refractivity contribution is 6.42. The number of halogens is 2. The van der Waals surface area contributed by atoms with E-state index in [1.54, 1.807) is 18.2 Å². The van der Waals surface area contributed by atoms with Crippen LogP contribution in [-0.4, -0.2) is 19.9 Å². The summed E-state index contributed by atoms with van der Waals surface area (Å²) in [5.74, 6) is 0. The van der Waals surface area contributed by atoms with Crippen molar-refractivity contribution in [3.05, 3.63) is 33.8 Å². The number of rotatable bonds is 3. The van der Waals surface area contributed by atoms with Gasteiger partial charge < -0.3 is 10.1 Å². The summed E-state index contributed by atoms with van der Waals surface area (Å²) in [6.07, 6.45) is 1.22. The van der Waals surface area contributed by atoms with Gasteiger partial charge in [-0.25, -0.2) is 0 Å². The number of carbonyl (C=O) groups is 1. The largest absolute Gasteiger partial charge is 0.320 e. The van der Waals surface area contributed by atoms with Crippen LogP contribution in [0.3, 0.4) is 0 Å². The molecule has 0 radical (unpaired) electrons. The van der Waals surface area contributed by atoms with E-state index in [1.165, 1.54) is 0 Å². The molecule has 0 saturated carbocycles. The number of benzene rings is 1. The molecule has 1 aromatic rings. The Morgan fingerprint density at radius 2 is 1.93 bits per heavy atom. The summed E-state index contributed by atoms with van der Waals surface area (Å²) in [5, 5.41) is 3.94. The zero-order valence-corrected chi connectivity index (χ0v) is 10.4. The van der Waals surface area contributed by atoms with Crippen molar-refractivity contribution in [1.29, 1.82) is 0 Å². The van der Waals surface area contributed by atoms with Gasteiger partial charge in [-0.2, -0.15) is 0 Å². The van der Waals surface area contributed by atoms with E-state index in [9.17, 15) is 4.79 Å². The van der Waals surface area contributed by atoms with Gasteiger partial charge in [0.05, 0.1) is 10.0 Å². The second-order valence-electron chi connectivity index (χ2n) is 2.83. The zero-order valence-electron chi connectivity index (χ0n) is 8.89. The van der Waals surface area contributed by atoms with Crippen LogP contribution in [0.5, 0.6) is 0 Å². The van der Waals surface area contributed by atoms with E-state index in [2.05, 4.69) is 12.2 Å². The Labute approximate surface area is 101 Å². The lowest BCUT2D eigenvalue weighted by Crippen LogP contribution is -2.01. The lowest BCUT2D eigenvalue weighted by atomic mass is 10.2. The molecule has 4 heteroatoms. The fraction of sp³-hybridized carbons (Fsp3) is 0.364. The first kappa shape index (κ1) is 14.4. The van der Waals surface area contributed by atoms with Crippen LogP contribution in [0.4, 0.5) is 0 Å². The number of hydrogen-bond donors (Lipinski definition) is 1. The van der Waals surface area contributed by atoms with Crippen LogP contribution in [0.2, 0.25) is 10.0 Å². The Bertz CT molecular complexity index is 301. The molecular formula is C11H15Cl2NO. The molecule has 1 N–H and O–H groups in total. The van der Waals surface area contributed by atoms with Gasteiger partial charge in [-0.3, -0.25) is 0 Å². The molecule has 0 aromatic heterocycles. The van der Waals surface area contributed by atoms with E-state index in [0.717, 1.165) is 18.4 Å². The van der Waals surface area contributed by atoms with Crippen molar-refractivity contribution >= 4 is 29.5 Å². The number of carbonyl (C=O) groups excluding carboxylic acids is 1. The lowest BCUT2D eigenvalue weighted by molar-refractivity contribution is -0.107. The van der Waals surface area contributed by atoms with E-state index < -0.39 is 0 Å². The molecule has 0 spiro atoms. The lowest BCUT2D eigenvalue weighted by Gasteiger charge is -1.97. The van der Waals surface area contributed by atoms with Gasteiger partial charge in [0, 0.05) is 6.42 Å². The number of nitrogens with one attached hydrogen (secondary N) is 1. The zero-order chi connectivity index (χ0) is 11.7. The van der Waals surface area contributed by atoms with E-state index in [4.69, 9.17) is 23.2 Å². The minimum atomic E-state index is 0.386. The van der Waals surface area contributed by atoms with Gasteiger partial charge in [0.25, 0.3) is 0 Å². The van der Waals surface area contributed by atoms with Crippen LogP contribution in [0, 0.1) is 0 Å². The van der Waals surface area contributed by atoms with Crippen molar-refractivity contribution in [2.75, 3.05) is 13.6 Å². The molecule has 84 valence electrons. The highest BCUT2D eigenvalue weighted by Gasteiger charge is 1.97. The van der Waals surface area contributed by atoms with E-state index in [0.29, 0.717) is 16.5 Å². The predicted octanol–water partition coefficient (Wildman–Crippen LogP) is 2.96. The van der Waals surface area contributed by atoms with Crippen LogP contribution in [0.25, 0.3) is 0 Å².